The zero-order valence-electron chi connectivity index (χ0n) is 18.0. The molecule has 1 aliphatic heterocycles. The third kappa shape index (κ3) is 7.99. The lowest BCUT2D eigenvalue weighted by Crippen LogP contribution is -2.40. The van der Waals surface area contributed by atoms with Gasteiger partial charge < -0.3 is 15.4 Å². The molecule has 2 N–H and O–H groups in total. The predicted octanol–water partition coefficient (Wildman–Crippen LogP) is 2.86. The van der Waals surface area contributed by atoms with Crippen LogP contribution in [-0.4, -0.2) is 55.2 Å². The molecule has 0 aliphatic carbocycles. The van der Waals surface area contributed by atoms with E-state index in [0.29, 0.717) is 13.1 Å². The first-order valence-electron chi connectivity index (χ1n) is 10.7. The molecule has 0 unspecified atom stereocenters. The first kappa shape index (κ1) is 22.7. The highest BCUT2D eigenvalue weighted by atomic mass is 16.6. The van der Waals surface area contributed by atoms with E-state index in [0.717, 1.165) is 62.9 Å². The number of non-ortho nitro benzene ring substituents is 1. The predicted molar refractivity (Wildman–Crippen MR) is 122 cm³/mol. The van der Waals surface area contributed by atoms with Gasteiger partial charge in [0.25, 0.3) is 5.69 Å². The summed E-state index contributed by atoms with van der Waals surface area (Å²) in [7, 11) is 0. The normalized spacial score (nSPS) is 14.9. The molecule has 0 amide bonds. The third-order valence-electron chi connectivity index (χ3n) is 5.19. The second kappa shape index (κ2) is 12.0. The summed E-state index contributed by atoms with van der Waals surface area (Å²) in [4.78, 5) is 17.6. The van der Waals surface area contributed by atoms with E-state index in [-0.39, 0.29) is 10.6 Å². The van der Waals surface area contributed by atoms with Gasteiger partial charge in [-0.15, -0.1) is 0 Å². The van der Waals surface area contributed by atoms with Crippen LogP contribution in [-0.2, 0) is 17.8 Å². The largest absolute Gasteiger partial charge is 0.379 e. The molecule has 2 aromatic carbocycles. The number of nitrogens with zero attached hydrogens (tertiary/aromatic N) is 3. The minimum absolute atomic E-state index is 0.0956. The molecule has 0 spiro atoms. The molecule has 8 heteroatoms. The molecule has 1 saturated heterocycles. The van der Waals surface area contributed by atoms with E-state index in [1.54, 1.807) is 12.1 Å². The molecule has 0 atom stereocenters. The van der Waals surface area contributed by atoms with Gasteiger partial charge in [-0.1, -0.05) is 42.0 Å². The second-order valence-electron chi connectivity index (χ2n) is 7.66. The Morgan fingerprint density at radius 3 is 2.42 bits per heavy atom. The van der Waals surface area contributed by atoms with Gasteiger partial charge in [0.1, 0.15) is 0 Å². The van der Waals surface area contributed by atoms with Crippen molar-refractivity contribution in [3.63, 3.8) is 0 Å². The van der Waals surface area contributed by atoms with Crippen LogP contribution >= 0.6 is 0 Å². The van der Waals surface area contributed by atoms with E-state index in [9.17, 15) is 10.1 Å². The minimum Gasteiger partial charge on any atom is -0.379 e. The van der Waals surface area contributed by atoms with Crippen LogP contribution in [0, 0.1) is 17.0 Å². The molecule has 0 aromatic heterocycles. The Balaban J connectivity index is 1.53. The van der Waals surface area contributed by atoms with Crippen LogP contribution in [0.15, 0.2) is 53.5 Å². The maximum atomic E-state index is 10.8. The Kier molecular flexibility index (Phi) is 8.81. The van der Waals surface area contributed by atoms with E-state index in [2.05, 4.69) is 46.7 Å². The van der Waals surface area contributed by atoms with Crippen LogP contribution in [0.4, 0.5) is 5.69 Å². The number of hydrogen-bond donors (Lipinski definition) is 2. The molecule has 8 nitrogen and oxygen atoms in total. The molecule has 166 valence electrons. The van der Waals surface area contributed by atoms with Crippen molar-refractivity contribution in [1.29, 1.82) is 0 Å². The molecular weight excluding hydrogens is 394 g/mol. The van der Waals surface area contributed by atoms with Crippen LogP contribution in [0.2, 0.25) is 0 Å². The van der Waals surface area contributed by atoms with Crippen molar-refractivity contribution in [2.45, 2.75) is 26.4 Å². The van der Waals surface area contributed by atoms with Gasteiger partial charge in [-0.3, -0.25) is 15.0 Å². The van der Waals surface area contributed by atoms with Gasteiger partial charge in [0, 0.05) is 38.3 Å². The summed E-state index contributed by atoms with van der Waals surface area (Å²) in [6.45, 7) is 8.66. The Morgan fingerprint density at radius 2 is 1.74 bits per heavy atom. The molecule has 1 aliphatic rings. The molecule has 1 heterocycles. The van der Waals surface area contributed by atoms with Gasteiger partial charge >= 0.3 is 0 Å². The van der Waals surface area contributed by atoms with Gasteiger partial charge in [0.15, 0.2) is 5.96 Å². The van der Waals surface area contributed by atoms with Crippen molar-refractivity contribution in [3.8, 4) is 0 Å². The van der Waals surface area contributed by atoms with E-state index < -0.39 is 0 Å². The highest BCUT2D eigenvalue weighted by molar-refractivity contribution is 5.79. The molecule has 0 saturated carbocycles. The molecule has 2 aromatic rings. The standard InChI is InChI=1S/C23H31N5O3/c1-19-3-5-20(6-4-19)17-25-23(24-11-2-12-27-13-15-31-16-14-27)26-18-21-7-9-22(10-8-21)28(29)30/h3-10H,2,11-18H2,1H3,(H2,24,25,26). The monoisotopic (exact) mass is 425 g/mol. The van der Waals surface area contributed by atoms with Gasteiger partial charge in [-0.25, -0.2) is 4.99 Å². The summed E-state index contributed by atoms with van der Waals surface area (Å²) in [5.41, 5.74) is 3.43. The Hall–Kier alpha value is -2.97. The molecule has 31 heavy (non-hydrogen) atoms. The van der Waals surface area contributed by atoms with Gasteiger partial charge in [-0.2, -0.15) is 0 Å². The lowest BCUT2D eigenvalue weighted by molar-refractivity contribution is -0.384. The SMILES string of the molecule is Cc1ccc(CN=C(NCCCN2CCOCC2)NCc2ccc([N+](=O)[O-])cc2)cc1. The zero-order chi connectivity index (χ0) is 21.9. The maximum Gasteiger partial charge on any atom is 0.269 e. The molecular formula is C23H31N5O3. The van der Waals surface area contributed by atoms with E-state index >= 15 is 0 Å². The zero-order valence-corrected chi connectivity index (χ0v) is 18.0. The fourth-order valence-electron chi connectivity index (χ4n) is 3.29. The number of aliphatic imine (C=N–C) groups is 1. The van der Waals surface area contributed by atoms with Crippen LogP contribution in [0.3, 0.4) is 0 Å². The minimum atomic E-state index is -0.387. The van der Waals surface area contributed by atoms with E-state index in [4.69, 9.17) is 9.73 Å². The van der Waals surface area contributed by atoms with Gasteiger partial charge in [0.2, 0.25) is 0 Å². The summed E-state index contributed by atoms with van der Waals surface area (Å²) in [5.74, 6) is 0.737. The Labute approximate surface area is 183 Å². The Morgan fingerprint density at radius 1 is 1.06 bits per heavy atom. The summed E-state index contributed by atoms with van der Waals surface area (Å²) in [6, 6.07) is 14.9. The third-order valence-corrected chi connectivity index (χ3v) is 5.19. The molecule has 0 radical (unpaired) electrons. The first-order valence-corrected chi connectivity index (χ1v) is 10.7. The highest BCUT2D eigenvalue weighted by Crippen LogP contribution is 2.11. The lowest BCUT2D eigenvalue weighted by atomic mass is 10.1. The van der Waals surface area contributed by atoms with Crippen LogP contribution in [0.1, 0.15) is 23.1 Å². The number of rotatable bonds is 9. The first-order chi connectivity index (χ1) is 15.1. The van der Waals surface area contributed by atoms with Crippen LogP contribution in [0.25, 0.3) is 0 Å². The van der Waals surface area contributed by atoms with Crippen molar-refractivity contribution in [2.75, 3.05) is 39.4 Å². The highest BCUT2D eigenvalue weighted by Gasteiger charge is 2.09. The summed E-state index contributed by atoms with van der Waals surface area (Å²) >= 11 is 0. The Bertz CT molecular complexity index is 847. The smallest absolute Gasteiger partial charge is 0.269 e. The van der Waals surface area contributed by atoms with Crippen molar-refractivity contribution in [3.05, 3.63) is 75.3 Å². The number of aryl methyl sites for hydroxylation is 1. The van der Waals surface area contributed by atoms with Gasteiger partial charge in [0.05, 0.1) is 24.7 Å². The van der Waals surface area contributed by atoms with Gasteiger partial charge in [-0.05, 0) is 31.0 Å². The number of nitrogens with one attached hydrogen (secondary N) is 2. The number of nitro groups is 1. The van der Waals surface area contributed by atoms with Crippen molar-refractivity contribution >= 4 is 11.6 Å². The topological polar surface area (TPSA) is 92.0 Å². The summed E-state index contributed by atoms with van der Waals surface area (Å²) in [6.07, 6.45) is 1.02. The lowest BCUT2D eigenvalue weighted by Gasteiger charge is -2.26. The second-order valence-corrected chi connectivity index (χ2v) is 7.66. The average Bonchev–Trinajstić information content (AvgIpc) is 2.80. The van der Waals surface area contributed by atoms with E-state index in [1.807, 2.05) is 0 Å². The van der Waals surface area contributed by atoms with E-state index in [1.165, 1.54) is 17.7 Å². The van der Waals surface area contributed by atoms with Crippen molar-refractivity contribution in [2.24, 2.45) is 4.99 Å². The summed E-state index contributed by atoms with van der Waals surface area (Å²) in [5, 5.41) is 17.6. The fourth-order valence-corrected chi connectivity index (χ4v) is 3.29. The number of nitro benzene ring substituents is 1. The van der Waals surface area contributed by atoms with Crippen molar-refractivity contribution in [1.82, 2.24) is 15.5 Å². The number of guanidine groups is 1. The fraction of sp³-hybridized carbons (Fsp3) is 0.435. The molecule has 0 bridgehead atoms. The molecule has 3 rings (SSSR count). The van der Waals surface area contributed by atoms with Crippen LogP contribution < -0.4 is 10.6 Å². The number of morpholine rings is 1. The quantitative estimate of drug-likeness (QED) is 0.211. The number of benzene rings is 2. The average molecular weight is 426 g/mol. The number of ether oxygens (including phenoxy) is 1. The number of hydrogen-bond acceptors (Lipinski definition) is 5. The summed E-state index contributed by atoms with van der Waals surface area (Å²) < 4.78 is 5.40. The van der Waals surface area contributed by atoms with Crippen molar-refractivity contribution < 1.29 is 9.66 Å². The molecule has 1 fully saturated rings. The van der Waals surface area contributed by atoms with Crippen LogP contribution in [0.5, 0.6) is 0 Å². The maximum absolute atomic E-state index is 10.8.